The van der Waals surface area contributed by atoms with Gasteiger partial charge in [0.25, 0.3) is 0 Å². The lowest BCUT2D eigenvalue weighted by Gasteiger charge is -2.13. The lowest BCUT2D eigenvalue weighted by atomic mass is 10.1. The molecular formula is C16H20N2O2S. The molecule has 0 amide bonds. The Labute approximate surface area is 126 Å². The molecule has 2 rings (SSSR count). The molecule has 2 aromatic carbocycles. The summed E-state index contributed by atoms with van der Waals surface area (Å²) < 4.78 is 27.3. The van der Waals surface area contributed by atoms with Crippen LogP contribution in [0.5, 0.6) is 0 Å². The standard InChI is InChI=1S/C16H20N2O2S/c1-12-5-3-6-13(2)16(12)18-21(19,20)11-15-8-4-7-14(9-15)10-17/h3-9,18H,10-11,17H2,1-2H3. The molecule has 0 bridgehead atoms. The molecule has 0 fully saturated rings. The van der Waals surface area contributed by atoms with Crippen molar-refractivity contribution in [3.63, 3.8) is 0 Å². The molecule has 0 atom stereocenters. The molecule has 0 radical (unpaired) electrons. The SMILES string of the molecule is Cc1cccc(C)c1NS(=O)(=O)Cc1cccc(CN)c1. The van der Waals surface area contributed by atoms with Crippen LogP contribution in [0.2, 0.25) is 0 Å². The molecule has 4 nitrogen and oxygen atoms in total. The molecule has 0 spiro atoms. The number of nitrogens with two attached hydrogens (primary N) is 1. The van der Waals surface area contributed by atoms with Crippen LogP contribution in [0, 0.1) is 13.8 Å². The van der Waals surface area contributed by atoms with Gasteiger partial charge in [0, 0.05) is 6.54 Å². The van der Waals surface area contributed by atoms with Gasteiger partial charge in [0.05, 0.1) is 11.4 Å². The Kier molecular flexibility index (Phi) is 4.65. The van der Waals surface area contributed by atoms with Crippen LogP contribution in [-0.2, 0) is 22.3 Å². The summed E-state index contributed by atoms with van der Waals surface area (Å²) in [5.74, 6) is -0.0609. The Bertz CT molecular complexity index is 719. The molecule has 5 heteroatoms. The summed E-state index contributed by atoms with van der Waals surface area (Å²) in [6.45, 7) is 4.18. The summed E-state index contributed by atoms with van der Waals surface area (Å²) in [5, 5.41) is 0. The molecule has 0 aliphatic rings. The number of aryl methyl sites for hydroxylation is 2. The van der Waals surface area contributed by atoms with Gasteiger partial charge in [-0.1, -0.05) is 42.5 Å². The van der Waals surface area contributed by atoms with Crippen LogP contribution >= 0.6 is 0 Å². The first-order chi connectivity index (χ1) is 9.91. The Morgan fingerprint density at radius 1 is 1.00 bits per heavy atom. The van der Waals surface area contributed by atoms with Crippen LogP contribution < -0.4 is 10.5 Å². The highest BCUT2D eigenvalue weighted by Crippen LogP contribution is 2.22. The number of benzene rings is 2. The Morgan fingerprint density at radius 2 is 1.57 bits per heavy atom. The van der Waals surface area contributed by atoms with E-state index in [1.165, 1.54) is 0 Å². The van der Waals surface area contributed by atoms with E-state index in [-0.39, 0.29) is 5.75 Å². The number of nitrogens with one attached hydrogen (secondary N) is 1. The lowest BCUT2D eigenvalue weighted by Crippen LogP contribution is -2.16. The van der Waals surface area contributed by atoms with E-state index in [0.29, 0.717) is 12.2 Å². The number of hydrogen-bond acceptors (Lipinski definition) is 3. The second-order valence-electron chi connectivity index (χ2n) is 5.15. The lowest BCUT2D eigenvalue weighted by molar-refractivity contribution is 0.600. The third-order valence-electron chi connectivity index (χ3n) is 3.32. The maximum atomic E-state index is 12.3. The van der Waals surface area contributed by atoms with Crippen molar-refractivity contribution in [3.8, 4) is 0 Å². The van der Waals surface area contributed by atoms with Crippen molar-refractivity contribution in [2.75, 3.05) is 4.72 Å². The van der Waals surface area contributed by atoms with E-state index in [2.05, 4.69) is 4.72 Å². The molecule has 0 saturated carbocycles. The quantitative estimate of drug-likeness (QED) is 0.892. The van der Waals surface area contributed by atoms with E-state index in [1.54, 1.807) is 6.07 Å². The molecule has 0 unspecified atom stereocenters. The number of sulfonamides is 1. The number of hydrogen-bond donors (Lipinski definition) is 2. The third-order valence-corrected chi connectivity index (χ3v) is 4.55. The first-order valence-electron chi connectivity index (χ1n) is 6.76. The van der Waals surface area contributed by atoms with Crippen molar-refractivity contribution in [3.05, 3.63) is 64.7 Å². The van der Waals surface area contributed by atoms with Crippen LogP contribution in [0.15, 0.2) is 42.5 Å². The van der Waals surface area contributed by atoms with Gasteiger partial charge in [-0.25, -0.2) is 8.42 Å². The summed E-state index contributed by atoms with van der Waals surface area (Å²) in [6.07, 6.45) is 0. The second-order valence-corrected chi connectivity index (χ2v) is 6.87. The molecular weight excluding hydrogens is 284 g/mol. The molecule has 0 aromatic heterocycles. The fraction of sp³-hybridized carbons (Fsp3) is 0.250. The highest BCUT2D eigenvalue weighted by Gasteiger charge is 2.14. The normalized spacial score (nSPS) is 11.4. The molecule has 0 aliphatic carbocycles. The van der Waals surface area contributed by atoms with Gasteiger partial charge in [0.2, 0.25) is 10.0 Å². The maximum Gasteiger partial charge on any atom is 0.236 e. The molecule has 0 aliphatic heterocycles. The zero-order chi connectivity index (χ0) is 15.5. The van der Waals surface area contributed by atoms with E-state index >= 15 is 0 Å². The van der Waals surface area contributed by atoms with Crippen LogP contribution in [0.4, 0.5) is 5.69 Å². The smallest absolute Gasteiger partial charge is 0.236 e. The topological polar surface area (TPSA) is 72.2 Å². The van der Waals surface area contributed by atoms with Gasteiger partial charge >= 0.3 is 0 Å². The zero-order valence-corrected chi connectivity index (χ0v) is 13.1. The largest absolute Gasteiger partial charge is 0.326 e. The molecule has 0 saturated heterocycles. The van der Waals surface area contributed by atoms with E-state index in [1.807, 2.05) is 50.2 Å². The minimum Gasteiger partial charge on any atom is -0.326 e. The Hall–Kier alpha value is -1.85. The first-order valence-corrected chi connectivity index (χ1v) is 8.41. The van der Waals surface area contributed by atoms with Crippen LogP contribution in [-0.4, -0.2) is 8.42 Å². The number of rotatable bonds is 5. The zero-order valence-electron chi connectivity index (χ0n) is 12.3. The minimum atomic E-state index is -3.45. The number of anilines is 1. The van der Waals surface area contributed by atoms with Gasteiger partial charge in [0.15, 0.2) is 0 Å². The Morgan fingerprint density at radius 3 is 2.19 bits per heavy atom. The van der Waals surface area contributed by atoms with Gasteiger partial charge in [-0.15, -0.1) is 0 Å². The van der Waals surface area contributed by atoms with Crippen LogP contribution in [0.25, 0.3) is 0 Å². The van der Waals surface area contributed by atoms with E-state index < -0.39 is 10.0 Å². The van der Waals surface area contributed by atoms with Gasteiger partial charge in [-0.2, -0.15) is 0 Å². The predicted molar refractivity (Wildman–Crippen MR) is 86.5 cm³/mol. The summed E-state index contributed by atoms with van der Waals surface area (Å²) in [4.78, 5) is 0. The van der Waals surface area contributed by atoms with Gasteiger partial charge in [0.1, 0.15) is 0 Å². The van der Waals surface area contributed by atoms with Crippen LogP contribution in [0.1, 0.15) is 22.3 Å². The average molecular weight is 304 g/mol. The molecule has 112 valence electrons. The average Bonchev–Trinajstić information content (AvgIpc) is 2.43. The Balaban J connectivity index is 2.23. The van der Waals surface area contributed by atoms with Crippen molar-refractivity contribution in [1.29, 1.82) is 0 Å². The van der Waals surface area contributed by atoms with E-state index in [4.69, 9.17) is 5.73 Å². The van der Waals surface area contributed by atoms with Crippen LogP contribution in [0.3, 0.4) is 0 Å². The summed E-state index contributed by atoms with van der Waals surface area (Å²) >= 11 is 0. The molecule has 2 aromatic rings. The maximum absolute atomic E-state index is 12.3. The van der Waals surface area contributed by atoms with Crippen molar-refractivity contribution in [1.82, 2.24) is 0 Å². The predicted octanol–water partition coefficient (Wildman–Crippen LogP) is 2.70. The fourth-order valence-corrected chi connectivity index (χ4v) is 3.56. The van der Waals surface area contributed by atoms with E-state index in [9.17, 15) is 8.42 Å². The molecule has 0 heterocycles. The highest BCUT2D eigenvalue weighted by molar-refractivity contribution is 7.91. The third kappa shape index (κ3) is 4.06. The second kappa shape index (κ2) is 6.28. The van der Waals surface area contributed by atoms with E-state index in [0.717, 1.165) is 22.3 Å². The summed E-state index contributed by atoms with van der Waals surface area (Å²) in [5.41, 5.74) is 9.72. The highest BCUT2D eigenvalue weighted by atomic mass is 32.2. The first kappa shape index (κ1) is 15.5. The fourth-order valence-electron chi connectivity index (χ4n) is 2.23. The van der Waals surface area contributed by atoms with Gasteiger partial charge in [-0.3, -0.25) is 4.72 Å². The van der Waals surface area contributed by atoms with Crippen molar-refractivity contribution in [2.45, 2.75) is 26.1 Å². The monoisotopic (exact) mass is 304 g/mol. The summed E-state index contributed by atoms with van der Waals surface area (Å²) in [7, 11) is -3.45. The van der Waals surface area contributed by atoms with Crippen molar-refractivity contribution in [2.24, 2.45) is 5.73 Å². The summed E-state index contributed by atoms with van der Waals surface area (Å²) in [6, 6.07) is 13.0. The van der Waals surface area contributed by atoms with Gasteiger partial charge in [-0.05, 0) is 36.1 Å². The molecule has 3 N–H and O–H groups in total. The number of para-hydroxylation sites is 1. The van der Waals surface area contributed by atoms with Crippen molar-refractivity contribution < 1.29 is 8.42 Å². The van der Waals surface area contributed by atoms with Gasteiger partial charge < -0.3 is 5.73 Å². The minimum absolute atomic E-state index is 0.0609. The van der Waals surface area contributed by atoms with Crippen molar-refractivity contribution >= 4 is 15.7 Å². The molecule has 21 heavy (non-hydrogen) atoms.